The van der Waals surface area contributed by atoms with Gasteiger partial charge >= 0.3 is 27.0 Å². The number of para-hydroxylation sites is 1. The average molecular weight is 564 g/mol. The monoisotopic (exact) mass is 563 g/mol. The Hall–Kier alpha value is -0.587. The Labute approximate surface area is 222 Å². The van der Waals surface area contributed by atoms with Gasteiger partial charge in [-0.15, -0.1) is 0 Å². The molecule has 3 rings (SSSR count). The Morgan fingerprint density at radius 2 is 1.12 bits per heavy atom. The molecule has 1 saturated heterocycles. The van der Waals surface area contributed by atoms with Gasteiger partial charge in [-0.2, -0.15) is 0 Å². The molecule has 0 radical (unpaired) electrons. The van der Waals surface area contributed by atoms with Gasteiger partial charge in [0, 0.05) is 17.8 Å². The standard InChI is InChI=1S/C20H33N.C8H12.2CH3.ClH.Rh/c1-14(2)16-10-9-11-17(15(3)4)18(16)21-13-19(5,6)12-20(21,7)8;1-2-4-6-8-7-5-3-1;;;;/h9-11,14-15H,12-13H2,1-8H3;1-2,7-8H,3-6H2;2*1H3;1H;/q;;2*-1;;+3/p-1/b;2-1-,8-7?;;;;. The second-order valence-electron chi connectivity index (χ2n) is 10.9. The van der Waals surface area contributed by atoms with Gasteiger partial charge in [0.1, 0.15) is 0 Å². The molecule has 1 nitrogen and oxygen atoms in total. The van der Waals surface area contributed by atoms with E-state index in [1.54, 1.807) is 0 Å². The molecule has 192 valence electrons. The first kappa shape index (κ1) is 34.6. The molecular weight excluding hydrogens is 513 g/mol. The molecule has 0 spiro atoms. The van der Waals surface area contributed by atoms with Crippen LogP contribution in [0.4, 0.5) is 5.69 Å². The van der Waals surface area contributed by atoms with Crippen LogP contribution in [-0.4, -0.2) is 12.1 Å². The van der Waals surface area contributed by atoms with Gasteiger partial charge in [-0.3, -0.25) is 0 Å². The molecule has 1 aliphatic carbocycles. The van der Waals surface area contributed by atoms with Crippen molar-refractivity contribution < 1.29 is 17.3 Å². The van der Waals surface area contributed by atoms with Crippen LogP contribution in [0, 0.1) is 20.3 Å². The average Bonchev–Trinajstić information content (AvgIpc) is 2.89. The summed E-state index contributed by atoms with van der Waals surface area (Å²) in [6.07, 6.45) is 15.3. The van der Waals surface area contributed by atoms with Crippen LogP contribution in [0.3, 0.4) is 0 Å². The van der Waals surface area contributed by atoms with Crippen molar-refractivity contribution in [2.75, 3.05) is 11.4 Å². The van der Waals surface area contributed by atoms with E-state index in [0.717, 1.165) is 6.54 Å². The molecule has 1 fully saturated rings. The summed E-state index contributed by atoms with van der Waals surface area (Å²) in [5.41, 5.74) is 5.15. The number of nitrogens with zero attached hydrogens (tertiary/aromatic N) is 1. The molecule has 0 saturated carbocycles. The zero-order valence-electron chi connectivity index (χ0n) is 23.1. The van der Waals surface area contributed by atoms with Gasteiger partial charge in [-0.1, -0.05) is 84.0 Å². The van der Waals surface area contributed by atoms with Crippen LogP contribution in [0.25, 0.3) is 0 Å². The van der Waals surface area contributed by atoms with E-state index in [-0.39, 0.29) is 20.4 Å². The summed E-state index contributed by atoms with van der Waals surface area (Å²) < 4.78 is 0. The predicted octanol–water partition coefficient (Wildman–Crippen LogP) is 10.2. The van der Waals surface area contributed by atoms with Gasteiger partial charge in [-0.25, -0.2) is 0 Å². The number of anilines is 1. The number of hydrogen-bond donors (Lipinski definition) is 0. The molecular formula is C30H51ClNRh. The normalized spacial score (nSPS) is 19.1. The molecule has 0 aromatic heterocycles. The summed E-state index contributed by atoms with van der Waals surface area (Å²) in [5, 5.41) is 0. The summed E-state index contributed by atoms with van der Waals surface area (Å²) in [4.78, 5) is 2.69. The Bertz CT molecular complexity index is 664. The fourth-order valence-electron chi connectivity index (χ4n) is 5.03. The topological polar surface area (TPSA) is 3.24 Å². The summed E-state index contributed by atoms with van der Waals surface area (Å²) in [6, 6.07) is 6.89. The van der Waals surface area contributed by atoms with Crippen molar-refractivity contribution in [3.63, 3.8) is 0 Å². The second-order valence-corrected chi connectivity index (χ2v) is 10.9. The van der Waals surface area contributed by atoms with E-state index < -0.39 is 0 Å². The Morgan fingerprint density at radius 1 is 0.758 bits per heavy atom. The molecule has 2 aliphatic rings. The van der Waals surface area contributed by atoms with Gasteiger partial charge in [0.05, 0.1) is 0 Å². The van der Waals surface area contributed by atoms with Crippen molar-refractivity contribution in [2.45, 2.75) is 105 Å². The minimum absolute atomic E-state index is 0. The van der Waals surface area contributed by atoms with E-state index in [1.165, 1.54) is 48.9 Å². The van der Waals surface area contributed by atoms with Crippen molar-refractivity contribution in [3.05, 3.63) is 68.5 Å². The molecule has 1 heterocycles. The molecule has 0 amide bonds. The molecule has 0 N–H and O–H groups in total. The van der Waals surface area contributed by atoms with E-state index in [9.17, 15) is 0 Å². The van der Waals surface area contributed by atoms with Crippen molar-refractivity contribution in [3.8, 4) is 0 Å². The van der Waals surface area contributed by atoms with Gasteiger partial charge in [-0.05, 0) is 74.3 Å². The number of benzene rings is 1. The molecule has 1 aromatic rings. The van der Waals surface area contributed by atoms with Gasteiger partial charge in [0.15, 0.2) is 0 Å². The maximum atomic E-state index is 4.53. The van der Waals surface area contributed by atoms with Crippen molar-refractivity contribution in [1.82, 2.24) is 0 Å². The third-order valence-corrected chi connectivity index (χ3v) is 6.17. The summed E-state index contributed by atoms with van der Waals surface area (Å²) in [6.45, 7) is 20.0. The van der Waals surface area contributed by atoms with E-state index in [0.29, 0.717) is 17.3 Å². The molecule has 0 unspecified atom stereocenters. The van der Waals surface area contributed by atoms with Crippen LogP contribution < -0.4 is 4.90 Å². The molecule has 1 aliphatic heterocycles. The summed E-state index contributed by atoms with van der Waals surface area (Å²) >= 11 is 2.02. The van der Waals surface area contributed by atoms with Crippen molar-refractivity contribution >= 4 is 15.4 Å². The number of hydrogen-bond acceptors (Lipinski definition) is 1. The zero-order valence-corrected chi connectivity index (χ0v) is 25.5. The van der Waals surface area contributed by atoms with Crippen molar-refractivity contribution in [2.24, 2.45) is 5.41 Å². The third-order valence-electron chi connectivity index (χ3n) is 6.17. The van der Waals surface area contributed by atoms with Crippen LogP contribution in [0.2, 0.25) is 0 Å². The van der Waals surface area contributed by atoms with Gasteiger partial charge in [0.2, 0.25) is 0 Å². The van der Waals surface area contributed by atoms with Crippen LogP contribution in [0.15, 0.2) is 42.5 Å². The van der Waals surface area contributed by atoms with Crippen LogP contribution in [0.5, 0.6) is 0 Å². The quantitative estimate of drug-likeness (QED) is 0.201. The third kappa shape index (κ3) is 10.7. The Balaban J connectivity index is 0. The first-order chi connectivity index (χ1) is 14.6. The fourth-order valence-corrected chi connectivity index (χ4v) is 5.03. The molecule has 0 bridgehead atoms. The fraction of sp³-hybridized carbons (Fsp3) is 0.600. The van der Waals surface area contributed by atoms with Crippen LogP contribution in [0.1, 0.15) is 110 Å². The minimum atomic E-state index is 0. The Kier molecular flexibility index (Phi) is 16.9. The number of rotatable bonds is 3. The van der Waals surface area contributed by atoms with E-state index >= 15 is 0 Å². The number of allylic oxidation sites excluding steroid dienone is 4. The molecule has 3 heteroatoms. The van der Waals surface area contributed by atoms with Crippen molar-refractivity contribution in [1.29, 1.82) is 0 Å². The second kappa shape index (κ2) is 16.2. The summed E-state index contributed by atoms with van der Waals surface area (Å²) in [7, 11) is 4.53. The number of halogens is 1. The SMILES string of the molecule is C1=CCC/C=C\CC1.CC(C)c1cccc(C(C)C)c1N1CC(C)(C)CC1(C)C.[CH3-].[CH3-].[Cl][Rh+2]. The van der Waals surface area contributed by atoms with Crippen LogP contribution >= 0.6 is 9.69 Å². The molecule has 1 aromatic carbocycles. The molecule has 0 atom stereocenters. The van der Waals surface area contributed by atoms with Gasteiger partial charge in [0.25, 0.3) is 0 Å². The van der Waals surface area contributed by atoms with Gasteiger partial charge < -0.3 is 19.8 Å². The predicted molar refractivity (Wildman–Crippen MR) is 150 cm³/mol. The first-order valence-electron chi connectivity index (χ1n) is 11.9. The van der Waals surface area contributed by atoms with E-state index in [4.69, 9.17) is 0 Å². The summed E-state index contributed by atoms with van der Waals surface area (Å²) in [5.74, 6) is 1.14. The maximum absolute atomic E-state index is 4.53. The Morgan fingerprint density at radius 3 is 1.39 bits per heavy atom. The van der Waals surface area contributed by atoms with Crippen LogP contribution in [-0.2, 0) is 17.3 Å². The van der Waals surface area contributed by atoms with E-state index in [1.807, 2.05) is 17.3 Å². The molecule has 33 heavy (non-hydrogen) atoms. The first-order valence-corrected chi connectivity index (χ1v) is 14.0. The van der Waals surface area contributed by atoms with E-state index in [2.05, 4.69) is 112 Å². The zero-order chi connectivity index (χ0) is 23.7.